The number of primary amides is 1. The van der Waals surface area contributed by atoms with Crippen molar-refractivity contribution in [1.29, 1.82) is 0 Å². The van der Waals surface area contributed by atoms with Gasteiger partial charge in [-0.1, -0.05) is 23.7 Å². The van der Waals surface area contributed by atoms with Gasteiger partial charge in [-0.25, -0.2) is 0 Å². The van der Waals surface area contributed by atoms with Crippen LogP contribution >= 0.6 is 11.6 Å². The largest absolute Gasteiger partial charge is 0.417 e. The van der Waals surface area contributed by atoms with Crippen LogP contribution in [0.2, 0.25) is 5.02 Å². The average molecular weight is 400 g/mol. The SMILES string of the molecule is CN(CC(=O)Nc1ccc(Cl)c(C(F)(F)F)c1)Cc1ccc(C(N)=O)cc1. The van der Waals surface area contributed by atoms with Crippen LogP contribution in [0.3, 0.4) is 0 Å². The summed E-state index contributed by atoms with van der Waals surface area (Å²) in [6, 6.07) is 9.77. The number of hydrogen-bond acceptors (Lipinski definition) is 3. The number of nitrogens with two attached hydrogens (primary N) is 1. The van der Waals surface area contributed by atoms with Gasteiger partial charge in [0.15, 0.2) is 0 Å². The Morgan fingerprint density at radius 1 is 1.15 bits per heavy atom. The van der Waals surface area contributed by atoms with Crippen molar-refractivity contribution in [3.63, 3.8) is 0 Å². The van der Waals surface area contributed by atoms with Gasteiger partial charge in [0.05, 0.1) is 17.1 Å². The van der Waals surface area contributed by atoms with Crippen LogP contribution in [0.15, 0.2) is 42.5 Å². The van der Waals surface area contributed by atoms with Crippen LogP contribution in [0.5, 0.6) is 0 Å². The number of carbonyl (C=O) groups excluding carboxylic acids is 2. The van der Waals surface area contributed by atoms with Gasteiger partial charge in [-0.2, -0.15) is 13.2 Å². The van der Waals surface area contributed by atoms with Gasteiger partial charge < -0.3 is 11.1 Å². The lowest BCUT2D eigenvalue weighted by molar-refractivity contribution is -0.137. The van der Waals surface area contributed by atoms with Crippen molar-refractivity contribution in [2.75, 3.05) is 18.9 Å². The van der Waals surface area contributed by atoms with Crippen LogP contribution in [0.1, 0.15) is 21.5 Å². The first kappa shape index (κ1) is 20.7. The number of halogens is 4. The number of alkyl halides is 3. The number of benzene rings is 2. The molecule has 0 aliphatic carbocycles. The van der Waals surface area contributed by atoms with Crippen molar-refractivity contribution in [1.82, 2.24) is 4.90 Å². The fourth-order valence-corrected chi connectivity index (χ4v) is 2.63. The fourth-order valence-electron chi connectivity index (χ4n) is 2.41. The Bertz CT molecular complexity index is 839. The van der Waals surface area contributed by atoms with E-state index in [1.54, 1.807) is 36.2 Å². The molecule has 0 unspecified atom stereocenters. The number of hydrogen-bond donors (Lipinski definition) is 2. The topological polar surface area (TPSA) is 75.4 Å². The van der Waals surface area contributed by atoms with E-state index in [1.165, 1.54) is 6.07 Å². The second kappa shape index (κ2) is 8.41. The summed E-state index contributed by atoms with van der Waals surface area (Å²) < 4.78 is 38.6. The summed E-state index contributed by atoms with van der Waals surface area (Å²) in [5, 5.41) is 1.99. The molecular weight excluding hydrogens is 383 g/mol. The summed E-state index contributed by atoms with van der Waals surface area (Å²) in [7, 11) is 1.69. The number of carbonyl (C=O) groups is 2. The Kier molecular flexibility index (Phi) is 6.45. The van der Waals surface area contributed by atoms with Gasteiger partial charge in [-0.15, -0.1) is 0 Å². The molecule has 0 heterocycles. The maximum atomic E-state index is 12.9. The van der Waals surface area contributed by atoms with Crippen LogP contribution in [0, 0.1) is 0 Å². The Morgan fingerprint density at radius 3 is 2.33 bits per heavy atom. The second-order valence-corrected chi connectivity index (χ2v) is 6.38. The molecule has 9 heteroatoms. The third kappa shape index (κ3) is 5.97. The minimum Gasteiger partial charge on any atom is -0.366 e. The highest BCUT2D eigenvalue weighted by molar-refractivity contribution is 6.31. The number of amides is 2. The van der Waals surface area contributed by atoms with Crippen LogP contribution in [-0.4, -0.2) is 30.3 Å². The molecule has 0 aromatic heterocycles. The van der Waals surface area contributed by atoms with Crippen LogP contribution in [0.4, 0.5) is 18.9 Å². The molecule has 0 aliphatic rings. The highest BCUT2D eigenvalue weighted by atomic mass is 35.5. The first-order valence-electron chi connectivity index (χ1n) is 7.80. The van der Waals surface area contributed by atoms with Crippen LogP contribution in [-0.2, 0) is 17.5 Å². The maximum Gasteiger partial charge on any atom is 0.417 e. The van der Waals surface area contributed by atoms with Crippen molar-refractivity contribution < 1.29 is 22.8 Å². The number of rotatable bonds is 6. The lowest BCUT2D eigenvalue weighted by atomic mass is 10.1. The predicted molar refractivity (Wildman–Crippen MR) is 96.4 cm³/mol. The van der Waals surface area contributed by atoms with E-state index in [2.05, 4.69) is 5.32 Å². The molecule has 27 heavy (non-hydrogen) atoms. The lowest BCUT2D eigenvalue weighted by Gasteiger charge is -2.17. The molecule has 5 nitrogen and oxygen atoms in total. The van der Waals surface area contributed by atoms with E-state index in [4.69, 9.17) is 17.3 Å². The number of likely N-dealkylation sites (N-methyl/N-ethyl adjacent to an activating group) is 1. The zero-order valence-corrected chi connectivity index (χ0v) is 15.1. The number of nitrogens with zero attached hydrogens (tertiary/aromatic N) is 1. The van der Waals surface area contributed by atoms with Crippen LogP contribution < -0.4 is 11.1 Å². The summed E-state index contributed by atoms with van der Waals surface area (Å²) in [5.74, 6) is -1.00. The quantitative estimate of drug-likeness (QED) is 0.780. The lowest BCUT2D eigenvalue weighted by Crippen LogP contribution is -2.30. The Morgan fingerprint density at radius 2 is 1.78 bits per heavy atom. The van der Waals surface area contributed by atoms with Crippen molar-refractivity contribution in [3.8, 4) is 0 Å². The standard InChI is InChI=1S/C18H17ClF3N3O2/c1-25(9-11-2-4-12(5-3-11)17(23)27)10-16(26)24-13-6-7-15(19)14(8-13)18(20,21)22/h2-8H,9-10H2,1H3,(H2,23,27)(H,24,26). The van der Waals surface area contributed by atoms with Gasteiger partial charge in [-0.05, 0) is 42.9 Å². The zero-order valence-electron chi connectivity index (χ0n) is 14.3. The van der Waals surface area contributed by atoms with Gasteiger partial charge in [0.2, 0.25) is 11.8 Å². The van der Waals surface area contributed by atoms with E-state index in [0.29, 0.717) is 12.1 Å². The highest BCUT2D eigenvalue weighted by Crippen LogP contribution is 2.36. The van der Waals surface area contributed by atoms with E-state index < -0.39 is 28.6 Å². The number of anilines is 1. The van der Waals surface area contributed by atoms with E-state index in [0.717, 1.165) is 17.7 Å². The fraction of sp³-hybridized carbons (Fsp3) is 0.222. The van der Waals surface area contributed by atoms with Crippen LogP contribution in [0.25, 0.3) is 0 Å². The normalized spacial score (nSPS) is 11.5. The van der Waals surface area contributed by atoms with E-state index in [9.17, 15) is 22.8 Å². The Labute approximate surface area is 158 Å². The summed E-state index contributed by atoms with van der Waals surface area (Å²) in [6.07, 6.45) is -4.61. The third-order valence-corrected chi connectivity index (χ3v) is 3.99. The van der Waals surface area contributed by atoms with E-state index in [1.807, 2.05) is 0 Å². The summed E-state index contributed by atoms with van der Waals surface area (Å²) in [6.45, 7) is 0.364. The predicted octanol–water partition coefficient (Wildman–Crippen LogP) is 3.53. The minimum atomic E-state index is -4.61. The first-order chi connectivity index (χ1) is 12.6. The molecule has 0 radical (unpaired) electrons. The van der Waals surface area contributed by atoms with Gasteiger partial charge in [0.25, 0.3) is 0 Å². The van der Waals surface area contributed by atoms with Crippen molar-refractivity contribution in [2.24, 2.45) is 5.73 Å². The molecule has 2 aromatic carbocycles. The molecule has 0 atom stereocenters. The molecule has 0 bridgehead atoms. The molecule has 2 aromatic rings. The van der Waals surface area contributed by atoms with Gasteiger partial charge in [0.1, 0.15) is 0 Å². The second-order valence-electron chi connectivity index (χ2n) is 5.97. The van der Waals surface area contributed by atoms with Gasteiger partial charge >= 0.3 is 6.18 Å². The number of nitrogens with one attached hydrogen (secondary N) is 1. The minimum absolute atomic E-state index is 0.0101. The van der Waals surface area contributed by atoms with E-state index in [-0.39, 0.29) is 12.2 Å². The third-order valence-electron chi connectivity index (χ3n) is 3.66. The van der Waals surface area contributed by atoms with Crippen molar-refractivity contribution in [3.05, 3.63) is 64.2 Å². The molecular formula is C18H17ClF3N3O2. The molecule has 2 amide bonds. The molecule has 0 saturated carbocycles. The van der Waals surface area contributed by atoms with Gasteiger partial charge in [-0.3, -0.25) is 14.5 Å². The molecule has 0 fully saturated rings. The smallest absolute Gasteiger partial charge is 0.366 e. The molecule has 2 rings (SSSR count). The maximum absolute atomic E-state index is 12.9. The summed E-state index contributed by atoms with van der Waals surface area (Å²) in [4.78, 5) is 24.8. The van der Waals surface area contributed by atoms with Gasteiger partial charge in [0, 0.05) is 17.8 Å². The molecule has 0 spiro atoms. The van der Waals surface area contributed by atoms with Crippen molar-refractivity contribution >= 4 is 29.1 Å². The summed E-state index contributed by atoms with van der Waals surface area (Å²) in [5.41, 5.74) is 5.40. The average Bonchev–Trinajstić information content (AvgIpc) is 2.55. The highest BCUT2D eigenvalue weighted by Gasteiger charge is 2.33. The summed E-state index contributed by atoms with van der Waals surface area (Å²) >= 11 is 5.55. The molecule has 0 aliphatic heterocycles. The molecule has 144 valence electrons. The first-order valence-corrected chi connectivity index (χ1v) is 8.18. The van der Waals surface area contributed by atoms with Crippen molar-refractivity contribution in [2.45, 2.75) is 12.7 Å². The molecule has 3 N–H and O–H groups in total. The monoisotopic (exact) mass is 399 g/mol. The molecule has 0 saturated heterocycles. The zero-order chi connectivity index (χ0) is 20.2. The Hall–Kier alpha value is -2.58. The Balaban J connectivity index is 1.96. The van der Waals surface area contributed by atoms with E-state index >= 15 is 0 Å².